The second-order valence-corrected chi connectivity index (χ2v) is 8.40. The van der Waals surface area contributed by atoms with Crippen molar-refractivity contribution in [3.63, 3.8) is 0 Å². The molecule has 4 heterocycles. The van der Waals surface area contributed by atoms with E-state index in [1.54, 1.807) is 0 Å². The standard InChI is InChI=1S/C18H34N4O2/c1-14-10-22(11-15(2)24-14)18(3,4)13-19-17(23)16-12-20-6-5-7-21(16)9-8-20/h14-16H,5-13H2,1-4H3,(H,19,23)/t14-,15-,16-/m1/s1. The van der Waals surface area contributed by atoms with E-state index in [9.17, 15) is 4.79 Å². The first-order valence-corrected chi connectivity index (χ1v) is 9.50. The van der Waals surface area contributed by atoms with Crippen LogP contribution in [-0.2, 0) is 9.53 Å². The Morgan fingerprint density at radius 2 is 1.79 bits per heavy atom. The first-order chi connectivity index (χ1) is 11.3. The fourth-order valence-corrected chi connectivity index (χ4v) is 4.30. The summed E-state index contributed by atoms with van der Waals surface area (Å²) in [5.41, 5.74) is -0.0542. The molecular weight excluding hydrogens is 304 g/mol. The summed E-state index contributed by atoms with van der Waals surface area (Å²) in [5.74, 6) is 0.198. The zero-order valence-corrected chi connectivity index (χ0v) is 15.8. The molecule has 0 aliphatic carbocycles. The van der Waals surface area contributed by atoms with Crippen molar-refractivity contribution in [2.24, 2.45) is 0 Å². The third-order valence-electron chi connectivity index (χ3n) is 5.77. The highest BCUT2D eigenvalue weighted by Gasteiger charge is 2.37. The van der Waals surface area contributed by atoms with Crippen molar-refractivity contribution in [3.05, 3.63) is 0 Å². The molecule has 2 bridgehead atoms. The lowest BCUT2D eigenvalue weighted by Crippen LogP contribution is -2.61. The molecule has 138 valence electrons. The number of morpholine rings is 1. The highest BCUT2D eigenvalue weighted by molar-refractivity contribution is 5.82. The van der Waals surface area contributed by atoms with Crippen molar-refractivity contribution in [3.8, 4) is 0 Å². The van der Waals surface area contributed by atoms with Gasteiger partial charge in [0.05, 0.1) is 12.2 Å². The van der Waals surface area contributed by atoms with Crippen LogP contribution in [0.2, 0.25) is 0 Å². The van der Waals surface area contributed by atoms with Crippen molar-refractivity contribution in [1.29, 1.82) is 0 Å². The number of fused-ring (bicyclic) bond motifs is 4. The van der Waals surface area contributed by atoms with Gasteiger partial charge in [-0.05, 0) is 40.7 Å². The summed E-state index contributed by atoms with van der Waals surface area (Å²) >= 11 is 0. The summed E-state index contributed by atoms with van der Waals surface area (Å²) in [7, 11) is 0. The molecule has 24 heavy (non-hydrogen) atoms. The van der Waals surface area contributed by atoms with E-state index < -0.39 is 0 Å². The van der Waals surface area contributed by atoms with Crippen LogP contribution in [0.3, 0.4) is 0 Å². The van der Waals surface area contributed by atoms with Gasteiger partial charge in [0.25, 0.3) is 0 Å². The third-order valence-corrected chi connectivity index (χ3v) is 5.77. The van der Waals surface area contributed by atoms with E-state index in [1.165, 1.54) is 6.42 Å². The Labute approximate surface area is 146 Å². The maximum Gasteiger partial charge on any atom is 0.238 e. The maximum absolute atomic E-state index is 12.8. The van der Waals surface area contributed by atoms with E-state index in [1.807, 2.05) is 0 Å². The number of nitrogens with zero attached hydrogens (tertiary/aromatic N) is 3. The first-order valence-electron chi connectivity index (χ1n) is 9.50. The zero-order valence-electron chi connectivity index (χ0n) is 15.8. The van der Waals surface area contributed by atoms with E-state index in [0.29, 0.717) is 6.54 Å². The SMILES string of the molecule is C[C@@H]1CN(C(C)(C)CNC(=O)[C@H]2CN3CCCN2CC3)C[C@@H](C)O1. The second-order valence-electron chi connectivity index (χ2n) is 8.40. The fourth-order valence-electron chi connectivity index (χ4n) is 4.30. The molecule has 0 aromatic heterocycles. The largest absolute Gasteiger partial charge is 0.373 e. The van der Waals surface area contributed by atoms with Gasteiger partial charge in [0.1, 0.15) is 6.04 Å². The van der Waals surface area contributed by atoms with Gasteiger partial charge in [-0.3, -0.25) is 19.5 Å². The van der Waals surface area contributed by atoms with Crippen molar-refractivity contribution >= 4 is 5.91 Å². The number of amides is 1. The molecule has 6 nitrogen and oxygen atoms in total. The van der Waals surface area contributed by atoms with Crippen molar-refractivity contribution in [2.75, 3.05) is 52.4 Å². The van der Waals surface area contributed by atoms with Gasteiger partial charge in [0.2, 0.25) is 5.91 Å². The Hall–Kier alpha value is -0.690. The average molecular weight is 338 g/mol. The highest BCUT2D eigenvalue weighted by Crippen LogP contribution is 2.21. The predicted octanol–water partition coefficient (Wildman–Crippen LogP) is 0.380. The molecule has 4 aliphatic rings. The zero-order chi connectivity index (χ0) is 17.3. The van der Waals surface area contributed by atoms with E-state index in [2.05, 4.69) is 47.7 Å². The molecule has 1 amide bonds. The van der Waals surface area contributed by atoms with Crippen LogP contribution < -0.4 is 5.32 Å². The lowest BCUT2D eigenvalue weighted by atomic mass is 9.99. The van der Waals surface area contributed by atoms with Crippen LogP contribution in [0, 0.1) is 0 Å². The number of carbonyl (C=O) groups excluding carboxylic acids is 1. The van der Waals surface area contributed by atoms with Crippen LogP contribution >= 0.6 is 0 Å². The van der Waals surface area contributed by atoms with E-state index in [-0.39, 0.29) is 29.7 Å². The van der Waals surface area contributed by atoms with Crippen LogP contribution in [0.25, 0.3) is 0 Å². The van der Waals surface area contributed by atoms with Crippen LogP contribution in [0.15, 0.2) is 0 Å². The normalized spacial score (nSPS) is 37.9. The lowest BCUT2D eigenvalue weighted by Gasteiger charge is -2.45. The summed E-state index contributed by atoms with van der Waals surface area (Å²) in [6.45, 7) is 16.5. The number of carbonyl (C=O) groups is 1. The Morgan fingerprint density at radius 1 is 1.08 bits per heavy atom. The third kappa shape index (κ3) is 4.10. The van der Waals surface area contributed by atoms with Gasteiger partial charge < -0.3 is 10.1 Å². The minimum Gasteiger partial charge on any atom is -0.373 e. The Kier molecular flexibility index (Phi) is 5.49. The molecule has 0 saturated carbocycles. The van der Waals surface area contributed by atoms with E-state index >= 15 is 0 Å². The Balaban J connectivity index is 1.55. The monoisotopic (exact) mass is 338 g/mol. The fraction of sp³-hybridized carbons (Fsp3) is 0.944. The number of nitrogens with one attached hydrogen (secondary N) is 1. The first kappa shape index (κ1) is 18.1. The van der Waals surface area contributed by atoms with Crippen molar-refractivity contribution in [1.82, 2.24) is 20.0 Å². The smallest absolute Gasteiger partial charge is 0.238 e. The molecule has 0 radical (unpaired) electrons. The van der Waals surface area contributed by atoms with Crippen molar-refractivity contribution < 1.29 is 9.53 Å². The van der Waals surface area contributed by atoms with Crippen molar-refractivity contribution in [2.45, 2.75) is 57.9 Å². The average Bonchev–Trinajstić information content (AvgIpc) is 2.87. The number of piperazine rings is 1. The minimum atomic E-state index is -0.0542. The molecule has 1 N–H and O–H groups in total. The molecule has 2 unspecified atom stereocenters. The van der Waals surface area contributed by atoms with Gasteiger partial charge in [-0.25, -0.2) is 0 Å². The molecular formula is C18H34N4O2. The number of hydrogen-bond donors (Lipinski definition) is 1. The summed E-state index contributed by atoms with van der Waals surface area (Å²) in [4.78, 5) is 20.0. The molecule has 4 aliphatic heterocycles. The van der Waals surface area contributed by atoms with Gasteiger partial charge in [-0.1, -0.05) is 0 Å². The molecule has 6 heteroatoms. The molecule has 5 atom stereocenters. The second kappa shape index (κ2) is 7.28. The van der Waals surface area contributed by atoms with Gasteiger partial charge in [-0.15, -0.1) is 0 Å². The molecule has 4 saturated heterocycles. The van der Waals surface area contributed by atoms with Crippen LogP contribution in [-0.4, -0.2) is 96.8 Å². The maximum atomic E-state index is 12.8. The molecule has 0 aromatic carbocycles. The summed E-state index contributed by atoms with van der Waals surface area (Å²) in [5, 5.41) is 3.24. The highest BCUT2D eigenvalue weighted by atomic mass is 16.5. The van der Waals surface area contributed by atoms with E-state index in [4.69, 9.17) is 4.74 Å². The van der Waals surface area contributed by atoms with Gasteiger partial charge in [0.15, 0.2) is 0 Å². The Bertz CT molecular complexity index is 442. The quantitative estimate of drug-likeness (QED) is 0.803. The molecule has 4 rings (SSSR count). The molecule has 4 fully saturated rings. The molecule has 0 aromatic rings. The van der Waals surface area contributed by atoms with Crippen LogP contribution in [0.5, 0.6) is 0 Å². The molecule has 0 spiro atoms. The van der Waals surface area contributed by atoms with Gasteiger partial charge >= 0.3 is 0 Å². The summed E-state index contributed by atoms with van der Waals surface area (Å²) in [6, 6.07) is 0.0274. The lowest BCUT2D eigenvalue weighted by molar-refractivity contribution is -0.129. The van der Waals surface area contributed by atoms with Crippen LogP contribution in [0.4, 0.5) is 0 Å². The van der Waals surface area contributed by atoms with E-state index in [0.717, 1.165) is 45.8 Å². The summed E-state index contributed by atoms with van der Waals surface area (Å²) < 4.78 is 5.84. The number of hydrogen-bond acceptors (Lipinski definition) is 5. The predicted molar refractivity (Wildman–Crippen MR) is 95.1 cm³/mol. The number of ether oxygens (including phenoxy) is 1. The minimum absolute atomic E-state index is 0.0274. The number of rotatable bonds is 4. The van der Waals surface area contributed by atoms with Crippen LogP contribution in [0.1, 0.15) is 34.1 Å². The van der Waals surface area contributed by atoms with Gasteiger partial charge in [0, 0.05) is 51.4 Å². The topological polar surface area (TPSA) is 48.1 Å². The van der Waals surface area contributed by atoms with Gasteiger partial charge in [-0.2, -0.15) is 0 Å². The Morgan fingerprint density at radius 3 is 2.50 bits per heavy atom. The summed E-state index contributed by atoms with van der Waals surface area (Å²) in [6.07, 6.45) is 1.68.